The lowest BCUT2D eigenvalue weighted by Crippen LogP contribution is -2.51. The van der Waals surface area contributed by atoms with Gasteiger partial charge in [0.05, 0.1) is 13.2 Å². The Morgan fingerprint density at radius 1 is 1.40 bits per heavy atom. The summed E-state index contributed by atoms with van der Waals surface area (Å²) in [5, 5.41) is 3.19. The molecule has 1 aromatic rings. The van der Waals surface area contributed by atoms with Gasteiger partial charge in [-0.2, -0.15) is 0 Å². The number of nitrogens with zero attached hydrogens (tertiary/aromatic N) is 1. The molecule has 0 aliphatic carbocycles. The van der Waals surface area contributed by atoms with Crippen molar-refractivity contribution in [2.75, 3.05) is 33.4 Å². The van der Waals surface area contributed by atoms with E-state index < -0.39 is 0 Å². The topological polar surface area (TPSA) is 65.6 Å². The number of hydrogen-bond donors (Lipinski definition) is 3. The molecule has 7 heteroatoms. The van der Waals surface area contributed by atoms with Crippen LogP contribution in [0.15, 0.2) is 24.3 Å². The van der Waals surface area contributed by atoms with Crippen LogP contribution in [0.1, 0.15) is 30.9 Å². The van der Waals surface area contributed by atoms with Crippen LogP contribution in [0.25, 0.3) is 0 Å². The van der Waals surface area contributed by atoms with E-state index in [9.17, 15) is 9.18 Å². The molecule has 2 aliphatic heterocycles. The molecule has 0 spiro atoms. The molecule has 2 fully saturated rings. The predicted octanol–water partition coefficient (Wildman–Crippen LogP) is 0.960. The van der Waals surface area contributed by atoms with E-state index >= 15 is 0 Å². The van der Waals surface area contributed by atoms with Crippen molar-refractivity contribution in [1.82, 2.24) is 21.1 Å². The van der Waals surface area contributed by atoms with Gasteiger partial charge in [0.25, 0.3) is 0 Å². The van der Waals surface area contributed by atoms with E-state index in [1.807, 2.05) is 13.1 Å². The summed E-state index contributed by atoms with van der Waals surface area (Å²) in [6.45, 7) is 2.57. The van der Waals surface area contributed by atoms with E-state index in [1.165, 1.54) is 6.07 Å². The highest BCUT2D eigenvalue weighted by Gasteiger charge is 2.26. The minimum atomic E-state index is -0.220. The SMILES string of the molecule is CN(CCCC1CC(c2cccc(F)c2)NN1)C(=O)C1COCCN1. The Balaban J connectivity index is 1.38. The second kappa shape index (κ2) is 8.71. The molecular weight excluding hydrogens is 323 g/mol. The molecular formula is C18H27FN4O2. The van der Waals surface area contributed by atoms with Crippen LogP contribution in [-0.2, 0) is 9.53 Å². The fourth-order valence-corrected chi connectivity index (χ4v) is 3.43. The molecule has 25 heavy (non-hydrogen) atoms. The third-order valence-corrected chi connectivity index (χ3v) is 4.88. The number of hydrazine groups is 1. The Bertz CT molecular complexity index is 580. The molecule has 6 nitrogen and oxygen atoms in total. The van der Waals surface area contributed by atoms with E-state index in [0.717, 1.165) is 37.9 Å². The average Bonchev–Trinajstić information content (AvgIpc) is 3.11. The molecule has 3 atom stereocenters. The van der Waals surface area contributed by atoms with Gasteiger partial charge >= 0.3 is 0 Å². The fraction of sp³-hybridized carbons (Fsp3) is 0.611. The molecule has 0 bridgehead atoms. The van der Waals surface area contributed by atoms with Crippen molar-refractivity contribution in [2.45, 2.75) is 37.4 Å². The molecule has 0 saturated carbocycles. The van der Waals surface area contributed by atoms with Crippen LogP contribution in [0.2, 0.25) is 0 Å². The zero-order valence-electron chi connectivity index (χ0n) is 14.6. The van der Waals surface area contributed by atoms with E-state index in [0.29, 0.717) is 19.3 Å². The number of ether oxygens (including phenoxy) is 1. The second-order valence-corrected chi connectivity index (χ2v) is 6.81. The number of rotatable bonds is 6. The lowest BCUT2D eigenvalue weighted by Gasteiger charge is -2.27. The molecule has 0 aromatic heterocycles. The van der Waals surface area contributed by atoms with Crippen LogP contribution >= 0.6 is 0 Å². The van der Waals surface area contributed by atoms with Crippen LogP contribution in [-0.4, -0.2) is 56.2 Å². The summed E-state index contributed by atoms with van der Waals surface area (Å²) in [5.41, 5.74) is 7.49. The normalized spacial score (nSPS) is 26.6. The van der Waals surface area contributed by atoms with Crippen molar-refractivity contribution >= 4 is 5.91 Å². The Hall–Kier alpha value is -1.54. The minimum absolute atomic E-state index is 0.0924. The van der Waals surface area contributed by atoms with E-state index in [-0.39, 0.29) is 23.8 Å². The molecule has 1 amide bonds. The molecule has 2 heterocycles. The van der Waals surface area contributed by atoms with Gasteiger partial charge in [0.1, 0.15) is 11.9 Å². The number of morpholine rings is 1. The van der Waals surface area contributed by atoms with Gasteiger partial charge in [-0.3, -0.25) is 15.6 Å². The Labute approximate surface area is 148 Å². The summed E-state index contributed by atoms with van der Waals surface area (Å²) in [5.74, 6) is -0.113. The maximum atomic E-state index is 13.3. The van der Waals surface area contributed by atoms with Crippen LogP contribution in [0.3, 0.4) is 0 Å². The first-order valence-corrected chi connectivity index (χ1v) is 8.96. The molecule has 2 saturated heterocycles. The van der Waals surface area contributed by atoms with Crippen molar-refractivity contribution in [2.24, 2.45) is 0 Å². The first-order valence-electron chi connectivity index (χ1n) is 8.96. The zero-order chi connectivity index (χ0) is 17.6. The molecule has 3 N–H and O–H groups in total. The van der Waals surface area contributed by atoms with Crippen LogP contribution < -0.4 is 16.2 Å². The van der Waals surface area contributed by atoms with E-state index in [1.54, 1.807) is 17.0 Å². The Kier molecular flexibility index (Phi) is 6.36. The number of nitrogens with one attached hydrogen (secondary N) is 3. The number of carbonyl (C=O) groups is 1. The van der Waals surface area contributed by atoms with Gasteiger partial charge in [0.15, 0.2) is 0 Å². The highest BCUT2D eigenvalue weighted by Crippen LogP contribution is 2.24. The number of carbonyl (C=O) groups excluding carboxylic acids is 1. The number of benzene rings is 1. The molecule has 1 aromatic carbocycles. The fourth-order valence-electron chi connectivity index (χ4n) is 3.43. The molecule has 2 aliphatic rings. The molecule has 3 unspecified atom stereocenters. The summed E-state index contributed by atoms with van der Waals surface area (Å²) < 4.78 is 18.7. The standard InChI is InChI=1S/C18H27FN4O2/c1-23(18(24)17-12-25-9-7-20-17)8-3-6-15-11-16(22-21-15)13-4-2-5-14(19)10-13/h2,4-5,10,15-17,20-22H,3,6-9,11-12H2,1H3. The first-order chi connectivity index (χ1) is 12.1. The smallest absolute Gasteiger partial charge is 0.241 e. The summed E-state index contributed by atoms with van der Waals surface area (Å²) >= 11 is 0. The van der Waals surface area contributed by atoms with Gasteiger partial charge in [0.2, 0.25) is 5.91 Å². The zero-order valence-corrected chi connectivity index (χ0v) is 14.6. The van der Waals surface area contributed by atoms with Gasteiger partial charge < -0.3 is 15.0 Å². The third-order valence-electron chi connectivity index (χ3n) is 4.88. The maximum Gasteiger partial charge on any atom is 0.241 e. The second-order valence-electron chi connectivity index (χ2n) is 6.81. The number of amides is 1. The quantitative estimate of drug-likeness (QED) is 0.713. The van der Waals surface area contributed by atoms with Crippen molar-refractivity contribution in [3.8, 4) is 0 Å². The summed E-state index contributed by atoms with van der Waals surface area (Å²) in [6.07, 6.45) is 2.80. The van der Waals surface area contributed by atoms with Crippen LogP contribution in [0.5, 0.6) is 0 Å². The van der Waals surface area contributed by atoms with Gasteiger partial charge in [0, 0.05) is 32.2 Å². The predicted molar refractivity (Wildman–Crippen MR) is 93.3 cm³/mol. The third kappa shape index (κ3) is 4.98. The van der Waals surface area contributed by atoms with Crippen molar-refractivity contribution in [3.63, 3.8) is 0 Å². The highest BCUT2D eigenvalue weighted by atomic mass is 19.1. The lowest BCUT2D eigenvalue weighted by atomic mass is 9.99. The lowest BCUT2D eigenvalue weighted by molar-refractivity contribution is -0.135. The van der Waals surface area contributed by atoms with Gasteiger partial charge in [-0.15, -0.1) is 0 Å². The van der Waals surface area contributed by atoms with Crippen LogP contribution in [0.4, 0.5) is 4.39 Å². The Morgan fingerprint density at radius 2 is 2.28 bits per heavy atom. The first kappa shape index (κ1) is 18.3. The summed E-state index contributed by atoms with van der Waals surface area (Å²) in [6, 6.07) is 6.95. The van der Waals surface area contributed by atoms with Gasteiger partial charge in [-0.05, 0) is 37.0 Å². The number of hydrogen-bond acceptors (Lipinski definition) is 5. The van der Waals surface area contributed by atoms with E-state index in [2.05, 4.69) is 16.2 Å². The number of halogens is 1. The van der Waals surface area contributed by atoms with Crippen molar-refractivity contribution < 1.29 is 13.9 Å². The average molecular weight is 350 g/mol. The van der Waals surface area contributed by atoms with Gasteiger partial charge in [-0.25, -0.2) is 4.39 Å². The van der Waals surface area contributed by atoms with Crippen LogP contribution in [0, 0.1) is 5.82 Å². The van der Waals surface area contributed by atoms with Crippen molar-refractivity contribution in [3.05, 3.63) is 35.6 Å². The highest BCUT2D eigenvalue weighted by molar-refractivity contribution is 5.81. The Morgan fingerprint density at radius 3 is 3.04 bits per heavy atom. The molecule has 0 radical (unpaired) electrons. The monoisotopic (exact) mass is 350 g/mol. The summed E-state index contributed by atoms with van der Waals surface area (Å²) in [7, 11) is 1.84. The number of likely N-dealkylation sites (N-methyl/N-ethyl adjacent to an activating group) is 1. The van der Waals surface area contributed by atoms with Crippen molar-refractivity contribution in [1.29, 1.82) is 0 Å². The van der Waals surface area contributed by atoms with E-state index in [4.69, 9.17) is 4.74 Å². The minimum Gasteiger partial charge on any atom is -0.378 e. The largest absolute Gasteiger partial charge is 0.378 e. The maximum absolute atomic E-state index is 13.3. The van der Waals surface area contributed by atoms with Gasteiger partial charge in [-0.1, -0.05) is 12.1 Å². The molecule has 138 valence electrons. The summed E-state index contributed by atoms with van der Waals surface area (Å²) in [4.78, 5) is 14.1. The molecule has 3 rings (SSSR count).